The van der Waals surface area contributed by atoms with Crippen molar-refractivity contribution in [1.82, 2.24) is 9.13 Å². The third kappa shape index (κ3) is 10.4. The number of rotatable bonds is 19. The van der Waals surface area contributed by atoms with Crippen molar-refractivity contribution in [2.45, 2.75) is 130 Å². The van der Waals surface area contributed by atoms with Crippen molar-refractivity contribution >= 4 is 0 Å². The molecule has 0 saturated heterocycles. The number of aryl methyl sites for hydroxylation is 4. The lowest BCUT2D eigenvalue weighted by Crippen LogP contribution is -2.23. The van der Waals surface area contributed by atoms with Gasteiger partial charge in [0.2, 0.25) is 0 Å². The summed E-state index contributed by atoms with van der Waals surface area (Å²) in [5, 5.41) is 16.8. The van der Waals surface area contributed by atoms with Crippen LogP contribution in [0, 0.1) is 10.8 Å². The molecule has 0 atom stereocenters. The first-order chi connectivity index (χ1) is 16.7. The number of hydrogen-bond donors (Lipinski definition) is 2. The van der Waals surface area contributed by atoms with E-state index < -0.39 is 0 Å². The molecule has 2 aromatic rings. The van der Waals surface area contributed by atoms with Crippen LogP contribution in [0.2, 0.25) is 0 Å². The first kappa shape index (κ1) is 28.1. The molecule has 4 nitrogen and oxygen atoms in total. The smallest absolute Gasteiger partial charge is 0.127 e. The standard InChI is InChI=1S/C30H50N4/c1-3-5-19-27-21-17-25-33(29(27)31)23-15-13-11-9-7-8-10-12-14-16-24-34-26-18-22-28(30(34)32)20-6-4-2/h17-18,21-22,25-26,31-32H,3-16,19-20,23-24H2,1-2H3. The molecule has 2 heterocycles. The second-order valence-electron chi connectivity index (χ2n) is 9.89. The second kappa shape index (κ2) is 17.4. The van der Waals surface area contributed by atoms with Crippen molar-refractivity contribution in [3.63, 3.8) is 0 Å². The average molecular weight is 467 g/mol. The van der Waals surface area contributed by atoms with Gasteiger partial charge in [0.05, 0.1) is 0 Å². The lowest BCUT2D eigenvalue weighted by Gasteiger charge is -2.10. The lowest BCUT2D eigenvalue weighted by atomic mass is 10.1. The number of aromatic nitrogens is 2. The van der Waals surface area contributed by atoms with Crippen molar-refractivity contribution in [2.75, 3.05) is 0 Å². The molecule has 0 radical (unpaired) electrons. The Kier molecular flexibility index (Phi) is 14.4. The Bertz CT molecular complexity index is 833. The van der Waals surface area contributed by atoms with Crippen LogP contribution in [0.15, 0.2) is 36.7 Å². The minimum absolute atomic E-state index is 0.720. The summed E-state index contributed by atoms with van der Waals surface area (Å²) in [6, 6.07) is 8.45. The lowest BCUT2D eigenvalue weighted by molar-refractivity contribution is 0.512. The van der Waals surface area contributed by atoms with E-state index in [4.69, 9.17) is 10.8 Å². The maximum atomic E-state index is 8.41. The van der Waals surface area contributed by atoms with Crippen molar-refractivity contribution in [2.24, 2.45) is 0 Å². The van der Waals surface area contributed by atoms with Crippen molar-refractivity contribution in [3.8, 4) is 0 Å². The highest BCUT2D eigenvalue weighted by Gasteiger charge is 2.01. The van der Waals surface area contributed by atoms with Gasteiger partial charge in [-0.2, -0.15) is 0 Å². The Morgan fingerprint density at radius 3 is 1.24 bits per heavy atom. The van der Waals surface area contributed by atoms with Crippen LogP contribution in [0.4, 0.5) is 0 Å². The van der Waals surface area contributed by atoms with Gasteiger partial charge in [-0.05, 0) is 61.8 Å². The predicted octanol–water partition coefficient (Wildman–Crippen LogP) is 7.53. The second-order valence-corrected chi connectivity index (χ2v) is 9.89. The Labute approximate surface area is 208 Å². The molecule has 34 heavy (non-hydrogen) atoms. The average Bonchev–Trinajstić information content (AvgIpc) is 2.85. The van der Waals surface area contributed by atoms with E-state index in [1.807, 2.05) is 0 Å². The molecule has 0 aliphatic carbocycles. The van der Waals surface area contributed by atoms with Gasteiger partial charge in [0, 0.05) is 25.5 Å². The van der Waals surface area contributed by atoms with Crippen LogP contribution in [0.25, 0.3) is 0 Å². The normalized spacial score (nSPS) is 11.2. The Morgan fingerprint density at radius 1 is 0.529 bits per heavy atom. The van der Waals surface area contributed by atoms with Gasteiger partial charge in [0.25, 0.3) is 0 Å². The Balaban J connectivity index is 1.48. The SMILES string of the molecule is CCCCc1cccn(CCCCCCCCCCCCn2cccc(CCCC)c2=N)c1=N. The monoisotopic (exact) mass is 466 g/mol. The van der Waals surface area contributed by atoms with Crippen LogP contribution < -0.4 is 11.0 Å². The summed E-state index contributed by atoms with van der Waals surface area (Å²) in [7, 11) is 0. The number of nitrogens with zero attached hydrogens (tertiary/aromatic N) is 2. The molecule has 0 saturated carbocycles. The molecule has 0 aliphatic rings. The van der Waals surface area contributed by atoms with Gasteiger partial charge in [0.1, 0.15) is 11.0 Å². The van der Waals surface area contributed by atoms with Crippen molar-refractivity contribution < 1.29 is 0 Å². The van der Waals surface area contributed by atoms with Gasteiger partial charge in [-0.15, -0.1) is 0 Å². The number of hydrogen-bond acceptors (Lipinski definition) is 2. The molecular weight excluding hydrogens is 416 g/mol. The first-order valence-electron chi connectivity index (χ1n) is 14.1. The van der Waals surface area contributed by atoms with E-state index in [0.29, 0.717) is 0 Å². The molecule has 2 rings (SSSR count). The van der Waals surface area contributed by atoms with Gasteiger partial charge in [0.15, 0.2) is 0 Å². The minimum atomic E-state index is 0.720. The molecule has 2 N–H and O–H groups in total. The molecule has 0 amide bonds. The van der Waals surface area contributed by atoms with E-state index in [9.17, 15) is 0 Å². The third-order valence-electron chi connectivity index (χ3n) is 6.96. The Hall–Kier alpha value is -2.10. The third-order valence-corrected chi connectivity index (χ3v) is 6.96. The van der Waals surface area contributed by atoms with Crippen LogP contribution in [0.3, 0.4) is 0 Å². The molecule has 0 fully saturated rings. The minimum Gasteiger partial charge on any atom is -0.333 e. The van der Waals surface area contributed by atoms with E-state index in [-0.39, 0.29) is 0 Å². The van der Waals surface area contributed by atoms with Crippen LogP contribution in [-0.2, 0) is 25.9 Å². The number of pyridine rings is 2. The molecule has 190 valence electrons. The molecule has 0 unspecified atom stereocenters. The zero-order valence-electron chi connectivity index (χ0n) is 22.1. The summed E-state index contributed by atoms with van der Waals surface area (Å²) >= 11 is 0. The first-order valence-corrected chi connectivity index (χ1v) is 14.1. The van der Waals surface area contributed by atoms with Gasteiger partial charge < -0.3 is 9.13 Å². The van der Waals surface area contributed by atoms with Crippen LogP contribution in [0.5, 0.6) is 0 Å². The zero-order chi connectivity index (χ0) is 24.4. The van der Waals surface area contributed by atoms with E-state index >= 15 is 0 Å². The summed E-state index contributed by atoms with van der Waals surface area (Å²) in [4.78, 5) is 0. The van der Waals surface area contributed by atoms with Gasteiger partial charge in [-0.1, -0.05) is 90.2 Å². The number of nitrogens with one attached hydrogen (secondary N) is 2. The van der Waals surface area contributed by atoms with E-state index in [1.54, 1.807) is 0 Å². The maximum absolute atomic E-state index is 8.41. The summed E-state index contributed by atoms with van der Waals surface area (Å²) in [6.45, 7) is 6.39. The van der Waals surface area contributed by atoms with Gasteiger partial charge >= 0.3 is 0 Å². The summed E-state index contributed by atoms with van der Waals surface area (Å²) in [5.41, 5.74) is 3.84. The van der Waals surface area contributed by atoms with E-state index in [0.717, 1.165) is 36.9 Å². The fraction of sp³-hybridized carbons (Fsp3) is 0.667. The van der Waals surface area contributed by atoms with Crippen LogP contribution in [-0.4, -0.2) is 9.13 Å². The molecule has 2 aromatic heterocycles. The van der Waals surface area contributed by atoms with E-state index in [2.05, 4.69) is 59.6 Å². The molecular formula is C30H50N4. The highest BCUT2D eigenvalue weighted by atomic mass is 15.0. The predicted molar refractivity (Wildman–Crippen MR) is 144 cm³/mol. The fourth-order valence-electron chi connectivity index (χ4n) is 4.69. The number of unbranched alkanes of at least 4 members (excludes halogenated alkanes) is 11. The van der Waals surface area contributed by atoms with Gasteiger partial charge in [-0.25, -0.2) is 0 Å². The van der Waals surface area contributed by atoms with Crippen LogP contribution >= 0.6 is 0 Å². The summed E-state index contributed by atoms with van der Waals surface area (Å²) in [5.74, 6) is 0. The van der Waals surface area contributed by atoms with Crippen molar-refractivity contribution in [3.05, 3.63) is 58.8 Å². The topological polar surface area (TPSA) is 57.6 Å². The molecule has 0 spiro atoms. The largest absolute Gasteiger partial charge is 0.333 e. The molecule has 0 aliphatic heterocycles. The molecule has 0 bridgehead atoms. The van der Waals surface area contributed by atoms with Gasteiger partial charge in [-0.3, -0.25) is 10.8 Å². The summed E-state index contributed by atoms with van der Waals surface area (Å²) in [6.07, 6.45) is 23.9. The van der Waals surface area contributed by atoms with Crippen LogP contribution in [0.1, 0.15) is 115 Å². The highest BCUT2D eigenvalue weighted by Crippen LogP contribution is 2.11. The van der Waals surface area contributed by atoms with Crippen molar-refractivity contribution in [1.29, 1.82) is 10.8 Å². The molecule has 0 aromatic carbocycles. The Morgan fingerprint density at radius 2 is 0.882 bits per heavy atom. The quantitative estimate of drug-likeness (QED) is 0.201. The molecule has 4 heteroatoms. The fourth-order valence-corrected chi connectivity index (χ4v) is 4.69. The summed E-state index contributed by atoms with van der Waals surface area (Å²) < 4.78 is 4.27. The van der Waals surface area contributed by atoms with E-state index in [1.165, 1.54) is 101 Å². The maximum Gasteiger partial charge on any atom is 0.127 e. The zero-order valence-corrected chi connectivity index (χ0v) is 22.1. The highest BCUT2D eigenvalue weighted by molar-refractivity contribution is 5.09.